The maximum atomic E-state index is 11.6. The number of amides is 2. The van der Waals surface area contributed by atoms with Crippen LogP contribution >= 0.6 is 23.4 Å². The van der Waals surface area contributed by atoms with E-state index in [-0.39, 0.29) is 0 Å². The van der Waals surface area contributed by atoms with Crippen LogP contribution in [0, 0.1) is 11.3 Å². The molecule has 1 fully saturated rings. The molecule has 0 atom stereocenters. The Morgan fingerprint density at radius 2 is 2.00 bits per heavy atom. The van der Waals surface area contributed by atoms with Crippen molar-refractivity contribution in [3.8, 4) is 23.3 Å². The van der Waals surface area contributed by atoms with Crippen LogP contribution in [0.1, 0.15) is 11.1 Å². The Morgan fingerprint density at radius 3 is 2.62 bits per heavy atom. The minimum Gasteiger partial charge on any atom is -0.493 e. The largest absolute Gasteiger partial charge is 0.493 e. The number of carbonyl (C=O) groups excluding carboxylic acids is 2. The Labute approximate surface area is 158 Å². The standard InChI is InChI=1S/C18H11ClN2O4S/c1-24-15-6-10(7-16-17(22)21-18(23)26-16)2-5-14(15)25-12-4-3-11(9-20)13(19)8-12/h2-8H,1H3,(H,21,22,23). The lowest BCUT2D eigenvalue weighted by molar-refractivity contribution is -0.115. The van der Waals surface area contributed by atoms with Gasteiger partial charge in [-0.3, -0.25) is 14.9 Å². The molecule has 8 heteroatoms. The minimum atomic E-state index is -0.425. The molecule has 6 nitrogen and oxygen atoms in total. The number of rotatable bonds is 4. The lowest BCUT2D eigenvalue weighted by atomic mass is 10.2. The quantitative estimate of drug-likeness (QED) is 0.786. The number of benzene rings is 2. The van der Waals surface area contributed by atoms with E-state index in [1.54, 1.807) is 42.5 Å². The summed E-state index contributed by atoms with van der Waals surface area (Å²) in [5.41, 5.74) is 1.04. The number of hydrogen-bond acceptors (Lipinski definition) is 6. The molecule has 1 saturated heterocycles. The highest BCUT2D eigenvalue weighted by atomic mass is 35.5. The average molecular weight is 387 g/mol. The van der Waals surface area contributed by atoms with Gasteiger partial charge in [0.15, 0.2) is 11.5 Å². The maximum Gasteiger partial charge on any atom is 0.290 e. The molecule has 2 aromatic carbocycles. The zero-order chi connectivity index (χ0) is 18.7. The third-order valence-electron chi connectivity index (χ3n) is 3.42. The predicted molar refractivity (Wildman–Crippen MR) is 98.3 cm³/mol. The predicted octanol–water partition coefficient (Wildman–Crippen LogP) is 4.34. The van der Waals surface area contributed by atoms with E-state index in [4.69, 9.17) is 26.3 Å². The van der Waals surface area contributed by atoms with Crippen molar-refractivity contribution >= 4 is 40.6 Å². The second-order valence-corrected chi connectivity index (χ2v) is 6.54. The summed E-state index contributed by atoms with van der Waals surface area (Å²) in [7, 11) is 1.49. The lowest BCUT2D eigenvalue weighted by Crippen LogP contribution is -2.17. The summed E-state index contributed by atoms with van der Waals surface area (Å²) in [4.78, 5) is 23.2. The third kappa shape index (κ3) is 3.82. The third-order valence-corrected chi connectivity index (χ3v) is 4.54. The summed E-state index contributed by atoms with van der Waals surface area (Å²) in [6.45, 7) is 0. The van der Waals surface area contributed by atoms with Gasteiger partial charge in [-0.1, -0.05) is 17.7 Å². The fraction of sp³-hybridized carbons (Fsp3) is 0.0556. The van der Waals surface area contributed by atoms with Crippen molar-refractivity contribution in [1.82, 2.24) is 5.32 Å². The molecule has 26 heavy (non-hydrogen) atoms. The highest BCUT2D eigenvalue weighted by Crippen LogP contribution is 2.35. The number of nitrogens with zero attached hydrogens (tertiary/aromatic N) is 1. The number of methoxy groups -OCH3 is 1. The van der Waals surface area contributed by atoms with Crippen LogP contribution in [0.15, 0.2) is 41.3 Å². The highest BCUT2D eigenvalue weighted by Gasteiger charge is 2.25. The molecule has 1 aliphatic rings. The van der Waals surface area contributed by atoms with Gasteiger partial charge in [-0.2, -0.15) is 5.26 Å². The number of imide groups is 1. The van der Waals surface area contributed by atoms with Crippen LogP contribution in [0.4, 0.5) is 4.79 Å². The molecule has 0 unspecified atom stereocenters. The van der Waals surface area contributed by atoms with Crippen molar-refractivity contribution in [2.75, 3.05) is 7.11 Å². The van der Waals surface area contributed by atoms with Gasteiger partial charge in [-0.15, -0.1) is 0 Å². The van der Waals surface area contributed by atoms with Crippen molar-refractivity contribution in [1.29, 1.82) is 5.26 Å². The number of nitrogens with one attached hydrogen (secondary N) is 1. The van der Waals surface area contributed by atoms with Crippen molar-refractivity contribution in [2.45, 2.75) is 0 Å². The van der Waals surface area contributed by atoms with Crippen molar-refractivity contribution in [2.24, 2.45) is 0 Å². The van der Waals surface area contributed by atoms with Crippen molar-refractivity contribution < 1.29 is 19.1 Å². The van der Waals surface area contributed by atoms with Gasteiger partial charge < -0.3 is 9.47 Å². The Balaban J connectivity index is 1.87. The number of ether oxygens (including phenoxy) is 2. The molecule has 0 saturated carbocycles. The zero-order valence-electron chi connectivity index (χ0n) is 13.4. The molecule has 130 valence electrons. The van der Waals surface area contributed by atoms with Crippen LogP contribution in [-0.4, -0.2) is 18.3 Å². The molecular weight excluding hydrogens is 376 g/mol. The molecule has 1 aliphatic heterocycles. The van der Waals surface area contributed by atoms with Gasteiger partial charge in [0.2, 0.25) is 0 Å². The Bertz CT molecular complexity index is 982. The smallest absolute Gasteiger partial charge is 0.290 e. The molecular formula is C18H11ClN2O4S. The van der Waals surface area contributed by atoms with E-state index in [0.29, 0.717) is 38.3 Å². The fourth-order valence-corrected chi connectivity index (χ4v) is 3.10. The van der Waals surface area contributed by atoms with Crippen LogP contribution in [0.25, 0.3) is 6.08 Å². The van der Waals surface area contributed by atoms with Gasteiger partial charge in [0.1, 0.15) is 11.8 Å². The van der Waals surface area contributed by atoms with Crippen LogP contribution in [0.3, 0.4) is 0 Å². The van der Waals surface area contributed by atoms with Crippen LogP contribution in [0.5, 0.6) is 17.2 Å². The highest BCUT2D eigenvalue weighted by molar-refractivity contribution is 8.18. The SMILES string of the molecule is COc1cc(C=C2SC(=O)NC2=O)ccc1Oc1ccc(C#N)c(Cl)c1. The molecule has 0 radical (unpaired) electrons. The summed E-state index contributed by atoms with van der Waals surface area (Å²) in [5, 5.41) is 11.0. The van der Waals surface area contributed by atoms with Gasteiger partial charge in [0, 0.05) is 6.07 Å². The molecule has 0 aliphatic carbocycles. The van der Waals surface area contributed by atoms with Crippen LogP contribution in [0.2, 0.25) is 5.02 Å². The van der Waals surface area contributed by atoms with E-state index in [0.717, 1.165) is 11.8 Å². The second kappa shape index (κ2) is 7.52. The van der Waals surface area contributed by atoms with Crippen molar-refractivity contribution in [3.05, 3.63) is 57.5 Å². The van der Waals surface area contributed by atoms with E-state index in [1.165, 1.54) is 7.11 Å². The molecule has 1 heterocycles. The fourth-order valence-electron chi connectivity index (χ4n) is 2.21. The van der Waals surface area contributed by atoms with E-state index >= 15 is 0 Å². The summed E-state index contributed by atoms with van der Waals surface area (Å²) in [6, 6.07) is 11.8. The van der Waals surface area contributed by atoms with E-state index in [9.17, 15) is 9.59 Å². The number of hydrogen-bond donors (Lipinski definition) is 1. The molecule has 0 spiro atoms. The van der Waals surface area contributed by atoms with Gasteiger partial charge in [-0.05, 0) is 47.7 Å². The molecule has 2 aromatic rings. The van der Waals surface area contributed by atoms with Crippen molar-refractivity contribution in [3.63, 3.8) is 0 Å². The molecule has 3 rings (SSSR count). The van der Waals surface area contributed by atoms with Gasteiger partial charge in [0.05, 0.1) is 22.6 Å². The number of carbonyl (C=O) groups is 2. The monoisotopic (exact) mass is 386 g/mol. The van der Waals surface area contributed by atoms with Gasteiger partial charge in [-0.25, -0.2) is 0 Å². The van der Waals surface area contributed by atoms with Gasteiger partial charge in [0.25, 0.3) is 11.1 Å². The lowest BCUT2D eigenvalue weighted by Gasteiger charge is -2.11. The average Bonchev–Trinajstić information content (AvgIpc) is 2.93. The van der Waals surface area contributed by atoms with E-state index < -0.39 is 11.1 Å². The van der Waals surface area contributed by atoms with E-state index in [1.807, 2.05) is 6.07 Å². The Kier molecular flexibility index (Phi) is 5.16. The summed E-state index contributed by atoms with van der Waals surface area (Å²) < 4.78 is 11.1. The molecule has 2 amide bonds. The second-order valence-electron chi connectivity index (χ2n) is 5.12. The van der Waals surface area contributed by atoms with Crippen LogP contribution in [-0.2, 0) is 4.79 Å². The van der Waals surface area contributed by atoms with E-state index in [2.05, 4.69) is 5.32 Å². The maximum absolute atomic E-state index is 11.6. The summed E-state index contributed by atoms with van der Waals surface area (Å²) in [6.07, 6.45) is 1.59. The minimum absolute atomic E-state index is 0.291. The normalized spacial score (nSPS) is 14.9. The molecule has 1 N–H and O–H groups in total. The first-order valence-corrected chi connectivity index (χ1v) is 8.50. The molecule has 0 bridgehead atoms. The first kappa shape index (κ1) is 17.9. The zero-order valence-corrected chi connectivity index (χ0v) is 15.0. The Hall–Kier alpha value is -2.95. The molecule has 0 aromatic heterocycles. The van der Waals surface area contributed by atoms with Gasteiger partial charge >= 0.3 is 0 Å². The topological polar surface area (TPSA) is 88.4 Å². The van der Waals surface area contributed by atoms with Crippen LogP contribution < -0.4 is 14.8 Å². The summed E-state index contributed by atoms with van der Waals surface area (Å²) in [5.74, 6) is 0.908. The first-order chi connectivity index (χ1) is 12.5. The Morgan fingerprint density at radius 1 is 1.19 bits per heavy atom. The number of halogens is 1. The number of thioether (sulfide) groups is 1. The first-order valence-electron chi connectivity index (χ1n) is 7.30. The summed E-state index contributed by atoms with van der Waals surface area (Å²) >= 11 is 6.85. The number of nitriles is 1.